The summed E-state index contributed by atoms with van der Waals surface area (Å²) in [5, 5.41) is 5.99. The molecule has 0 bridgehead atoms. The molecule has 0 unspecified atom stereocenters. The molecule has 0 aliphatic rings. The second-order valence-electron chi connectivity index (χ2n) is 6.88. The SMILES string of the molecule is Cc1nc2ccc(Br)cc2c(=O)n1N=Cc1cc(Cl)c(OCc2ccccc2Cl)c(Cl)c1. The molecule has 162 valence electrons. The minimum atomic E-state index is -0.276. The Bertz CT molecular complexity index is 1400. The number of ether oxygens (including phenoxy) is 1. The third-order valence-corrected chi connectivity index (χ3v) is 6.07. The Morgan fingerprint density at radius 3 is 2.50 bits per heavy atom. The fraction of sp³-hybridized carbons (Fsp3) is 0.0870. The van der Waals surface area contributed by atoms with Gasteiger partial charge in [0.25, 0.3) is 5.56 Å². The van der Waals surface area contributed by atoms with Crippen molar-refractivity contribution in [3.8, 4) is 5.75 Å². The number of benzene rings is 3. The van der Waals surface area contributed by atoms with Crippen LogP contribution < -0.4 is 10.3 Å². The molecule has 9 heteroatoms. The molecule has 4 aromatic rings. The number of nitrogens with zero attached hydrogens (tertiary/aromatic N) is 3. The molecule has 1 heterocycles. The summed E-state index contributed by atoms with van der Waals surface area (Å²) in [5.74, 6) is 0.800. The van der Waals surface area contributed by atoms with Gasteiger partial charge in [-0.2, -0.15) is 9.78 Å². The topological polar surface area (TPSA) is 56.5 Å². The first kappa shape index (κ1) is 22.8. The third-order valence-electron chi connectivity index (χ3n) is 4.64. The Hall–Kier alpha value is -2.38. The molecule has 0 saturated carbocycles. The average molecular weight is 552 g/mol. The van der Waals surface area contributed by atoms with Crippen molar-refractivity contribution in [3.05, 3.63) is 101 Å². The number of fused-ring (bicyclic) bond motifs is 1. The van der Waals surface area contributed by atoms with Gasteiger partial charge in [-0.3, -0.25) is 4.79 Å². The molecule has 0 saturated heterocycles. The molecule has 0 N–H and O–H groups in total. The Labute approximate surface area is 207 Å². The molecule has 0 spiro atoms. The third kappa shape index (κ3) is 4.84. The van der Waals surface area contributed by atoms with E-state index in [4.69, 9.17) is 39.5 Å². The van der Waals surface area contributed by atoms with Crippen LogP contribution >= 0.6 is 50.7 Å². The van der Waals surface area contributed by atoms with E-state index in [1.165, 1.54) is 10.9 Å². The quantitative estimate of drug-likeness (QED) is 0.254. The minimum absolute atomic E-state index is 0.222. The van der Waals surface area contributed by atoms with E-state index in [1.807, 2.05) is 24.3 Å². The van der Waals surface area contributed by atoms with Crippen LogP contribution in [0.15, 0.2) is 69.0 Å². The molecule has 1 aromatic heterocycles. The molecule has 0 aliphatic heterocycles. The molecule has 0 aliphatic carbocycles. The van der Waals surface area contributed by atoms with E-state index in [0.29, 0.717) is 43.1 Å². The van der Waals surface area contributed by atoms with E-state index in [2.05, 4.69) is 26.0 Å². The van der Waals surface area contributed by atoms with Crippen LogP contribution in [0.2, 0.25) is 15.1 Å². The van der Waals surface area contributed by atoms with E-state index < -0.39 is 0 Å². The minimum Gasteiger partial charge on any atom is -0.486 e. The lowest BCUT2D eigenvalue weighted by molar-refractivity contribution is 0.306. The Morgan fingerprint density at radius 2 is 1.78 bits per heavy atom. The first-order valence-electron chi connectivity index (χ1n) is 9.42. The van der Waals surface area contributed by atoms with Crippen molar-refractivity contribution in [2.24, 2.45) is 5.10 Å². The van der Waals surface area contributed by atoms with E-state index in [9.17, 15) is 4.79 Å². The van der Waals surface area contributed by atoms with Gasteiger partial charge in [-0.05, 0) is 48.9 Å². The van der Waals surface area contributed by atoms with Crippen molar-refractivity contribution in [1.82, 2.24) is 9.66 Å². The van der Waals surface area contributed by atoms with Crippen LogP contribution in [0.25, 0.3) is 10.9 Å². The maximum absolute atomic E-state index is 12.9. The summed E-state index contributed by atoms with van der Waals surface area (Å²) in [6.07, 6.45) is 1.50. The van der Waals surface area contributed by atoms with Crippen LogP contribution in [-0.4, -0.2) is 15.9 Å². The van der Waals surface area contributed by atoms with Gasteiger partial charge in [0.05, 0.1) is 27.2 Å². The summed E-state index contributed by atoms with van der Waals surface area (Å²) in [4.78, 5) is 17.3. The van der Waals surface area contributed by atoms with Crippen LogP contribution in [0.3, 0.4) is 0 Å². The van der Waals surface area contributed by atoms with Gasteiger partial charge in [-0.15, -0.1) is 0 Å². The number of hydrogen-bond donors (Lipinski definition) is 0. The number of hydrogen-bond acceptors (Lipinski definition) is 4. The zero-order valence-electron chi connectivity index (χ0n) is 16.7. The van der Waals surface area contributed by atoms with E-state index in [1.54, 1.807) is 37.3 Å². The predicted molar refractivity (Wildman–Crippen MR) is 134 cm³/mol. The van der Waals surface area contributed by atoms with Crippen molar-refractivity contribution >= 4 is 67.9 Å². The molecule has 5 nitrogen and oxygen atoms in total. The van der Waals surface area contributed by atoms with Crippen molar-refractivity contribution in [2.75, 3.05) is 0 Å². The van der Waals surface area contributed by atoms with E-state index >= 15 is 0 Å². The van der Waals surface area contributed by atoms with Crippen molar-refractivity contribution in [1.29, 1.82) is 0 Å². The molecular formula is C23H15BrCl3N3O2. The number of aromatic nitrogens is 2. The van der Waals surface area contributed by atoms with Gasteiger partial charge in [0.15, 0.2) is 5.75 Å². The molecule has 32 heavy (non-hydrogen) atoms. The highest BCUT2D eigenvalue weighted by molar-refractivity contribution is 9.10. The second kappa shape index (κ2) is 9.63. The summed E-state index contributed by atoms with van der Waals surface area (Å²) < 4.78 is 7.81. The fourth-order valence-electron chi connectivity index (χ4n) is 3.08. The van der Waals surface area contributed by atoms with Crippen LogP contribution in [0.5, 0.6) is 5.75 Å². The van der Waals surface area contributed by atoms with Crippen molar-refractivity contribution in [3.63, 3.8) is 0 Å². The summed E-state index contributed by atoms with van der Waals surface area (Å²) in [5.41, 5.74) is 1.75. The zero-order valence-corrected chi connectivity index (χ0v) is 20.5. The van der Waals surface area contributed by atoms with E-state index in [-0.39, 0.29) is 12.2 Å². The molecular weight excluding hydrogens is 537 g/mol. The average Bonchev–Trinajstić information content (AvgIpc) is 2.75. The smallest absolute Gasteiger partial charge is 0.282 e. The molecule has 0 fully saturated rings. The van der Waals surface area contributed by atoms with Crippen LogP contribution in [-0.2, 0) is 6.61 Å². The van der Waals surface area contributed by atoms with Gasteiger partial charge in [-0.25, -0.2) is 4.98 Å². The Balaban J connectivity index is 1.62. The first-order valence-corrected chi connectivity index (χ1v) is 11.3. The van der Waals surface area contributed by atoms with Crippen molar-refractivity contribution in [2.45, 2.75) is 13.5 Å². The molecule has 0 atom stereocenters. The largest absolute Gasteiger partial charge is 0.486 e. The van der Waals surface area contributed by atoms with Gasteiger partial charge in [0.2, 0.25) is 0 Å². The lowest BCUT2D eigenvalue weighted by Gasteiger charge is -2.12. The maximum atomic E-state index is 12.9. The summed E-state index contributed by atoms with van der Waals surface area (Å²) in [7, 11) is 0. The summed E-state index contributed by atoms with van der Waals surface area (Å²) in [6, 6.07) is 16.0. The zero-order chi connectivity index (χ0) is 22.8. The second-order valence-corrected chi connectivity index (χ2v) is 9.01. The summed E-state index contributed by atoms with van der Waals surface area (Å²) >= 11 is 22.3. The molecule has 0 amide bonds. The van der Waals surface area contributed by atoms with Crippen LogP contribution in [0, 0.1) is 6.92 Å². The van der Waals surface area contributed by atoms with Crippen molar-refractivity contribution < 1.29 is 4.74 Å². The first-order chi connectivity index (χ1) is 15.3. The van der Waals surface area contributed by atoms with Gasteiger partial charge >= 0.3 is 0 Å². The fourth-order valence-corrected chi connectivity index (χ4v) is 4.24. The maximum Gasteiger partial charge on any atom is 0.282 e. The lowest BCUT2D eigenvalue weighted by Crippen LogP contribution is -2.20. The van der Waals surface area contributed by atoms with Gasteiger partial charge in [0, 0.05) is 15.1 Å². The summed E-state index contributed by atoms with van der Waals surface area (Å²) in [6.45, 7) is 1.94. The number of rotatable bonds is 5. The Morgan fingerprint density at radius 1 is 1.06 bits per heavy atom. The monoisotopic (exact) mass is 549 g/mol. The van der Waals surface area contributed by atoms with Gasteiger partial charge in [0.1, 0.15) is 12.4 Å². The van der Waals surface area contributed by atoms with Crippen LogP contribution in [0.1, 0.15) is 17.0 Å². The lowest BCUT2D eigenvalue weighted by atomic mass is 10.2. The normalized spacial score (nSPS) is 11.4. The number of aryl methyl sites for hydroxylation is 1. The van der Waals surface area contributed by atoms with Gasteiger partial charge < -0.3 is 4.74 Å². The molecule has 0 radical (unpaired) electrons. The van der Waals surface area contributed by atoms with Gasteiger partial charge in [-0.1, -0.05) is 68.9 Å². The van der Waals surface area contributed by atoms with E-state index in [0.717, 1.165) is 10.0 Å². The molecule has 4 rings (SSSR count). The standard InChI is InChI=1S/C23H15BrCl3N3O2/c1-13-29-21-7-6-16(24)10-17(21)23(31)30(13)28-11-14-8-19(26)22(20(27)9-14)32-12-15-4-2-3-5-18(15)25/h2-11H,12H2,1H3. The Kier molecular flexibility index (Phi) is 6.86. The molecule has 3 aromatic carbocycles. The predicted octanol–water partition coefficient (Wildman–Crippen LogP) is 6.89. The number of halogens is 4. The highest BCUT2D eigenvalue weighted by atomic mass is 79.9. The highest BCUT2D eigenvalue weighted by Crippen LogP contribution is 2.35. The highest BCUT2D eigenvalue weighted by Gasteiger charge is 2.12. The van der Waals surface area contributed by atoms with Crippen LogP contribution in [0.4, 0.5) is 0 Å².